The number of benzene rings is 3. The first-order valence-electron chi connectivity index (χ1n) is 11.5. The number of aromatic nitrogens is 2. The van der Waals surface area contributed by atoms with Gasteiger partial charge in [0.05, 0.1) is 22.3 Å². The third-order valence-corrected chi connectivity index (χ3v) is 9.20. The molecule has 3 aromatic carbocycles. The van der Waals surface area contributed by atoms with Gasteiger partial charge in [0, 0.05) is 36.6 Å². The van der Waals surface area contributed by atoms with Crippen LogP contribution in [0.5, 0.6) is 0 Å². The summed E-state index contributed by atoms with van der Waals surface area (Å²) in [5.41, 5.74) is 4.49. The van der Waals surface area contributed by atoms with E-state index in [2.05, 4.69) is 0 Å². The zero-order valence-corrected chi connectivity index (χ0v) is 24.1. The van der Waals surface area contributed by atoms with Gasteiger partial charge in [-0.2, -0.15) is 5.10 Å². The molecule has 0 saturated heterocycles. The molecule has 1 fully saturated rings. The predicted octanol–water partition coefficient (Wildman–Crippen LogP) is 9.67. The molecule has 10 heteroatoms. The van der Waals surface area contributed by atoms with E-state index in [1.54, 1.807) is 30.0 Å². The normalized spacial score (nSPS) is 16.3. The zero-order valence-electron chi connectivity index (χ0n) is 19.5. The largest absolute Gasteiger partial charge is 0.235 e. The van der Waals surface area contributed by atoms with Crippen LogP contribution in [0.15, 0.2) is 65.8 Å². The van der Waals surface area contributed by atoms with Gasteiger partial charge in [0.15, 0.2) is 5.82 Å². The van der Waals surface area contributed by atoms with Gasteiger partial charge >= 0.3 is 0 Å². The molecule has 1 aromatic heterocycles. The second kappa shape index (κ2) is 9.71. The van der Waals surface area contributed by atoms with Gasteiger partial charge in [0.1, 0.15) is 5.04 Å². The first kappa shape index (κ1) is 25.4. The number of thioether (sulfide) groups is 1. The minimum Gasteiger partial charge on any atom is -0.235 e. The molecule has 4 aromatic rings. The summed E-state index contributed by atoms with van der Waals surface area (Å²) in [5, 5.41) is 16.1. The summed E-state index contributed by atoms with van der Waals surface area (Å²) in [6, 6.07) is 18.8. The van der Waals surface area contributed by atoms with Crippen LogP contribution >= 0.6 is 69.8 Å². The second-order valence-electron chi connectivity index (χ2n) is 9.10. The van der Waals surface area contributed by atoms with Crippen molar-refractivity contribution >= 4 is 80.6 Å². The van der Waals surface area contributed by atoms with Crippen LogP contribution in [0.1, 0.15) is 24.0 Å². The molecule has 188 valence electrons. The number of halogens is 5. The zero-order chi connectivity index (χ0) is 25.9. The van der Waals surface area contributed by atoms with E-state index in [0.29, 0.717) is 31.0 Å². The highest BCUT2D eigenvalue weighted by atomic mass is 35.5. The van der Waals surface area contributed by atoms with Crippen LogP contribution in [0.2, 0.25) is 25.1 Å². The monoisotopic (exact) mass is 606 g/mol. The lowest BCUT2D eigenvalue weighted by Gasteiger charge is -2.16. The van der Waals surface area contributed by atoms with Gasteiger partial charge in [-0.15, -0.1) is 5.10 Å². The standard InChI is InChI=1S/C27H19Cl5N4S/c1-15-24(16-2-4-17(28)5-3-16)36(23-9-7-19(30)13-22(23)32)33-25(15)35-14-37-26(34-35)27(10-11-27)20-8-6-18(29)12-21(20)31/h2-9,12-13H,10-11,14H2,1H3. The first-order valence-corrected chi connectivity index (χ1v) is 14.4. The Balaban J connectivity index is 1.45. The lowest BCUT2D eigenvalue weighted by Crippen LogP contribution is -2.17. The summed E-state index contributed by atoms with van der Waals surface area (Å²) < 4.78 is 1.85. The Bertz CT molecular complexity index is 1560. The summed E-state index contributed by atoms with van der Waals surface area (Å²) in [5.74, 6) is 1.41. The molecule has 37 heavy (non-hydrogen) atoms. The summed E-state index contributed by atoms with van der Waals surface area (Å²) in [4.78, 5) is 0. The van der Waals surface area contributed by atoms with E-state index < -0.39 is 0 Å². The maximum Gasteiger partial charge on any atom is 0.175 e. The van der Waals surface area contributed by atoms with Crippen LogP contribution in [-0.4, -0.2) is 20.7 Å². The number of hydrogen-bond donors (Lipinski definition) is 0. The Labute approximate surface area is 244 Å². The third kappa shape index (κ3) is 4.54. The van der Waals surface area contributed by atoms with E-state index in [4.69, 9.17) is 68.2 Å². The van der Waals surface area contributed by atoms with E-state index in [9.17, 15) is 0 Å². The summed E-state index contributed by atoms with van der Waals surface area (Å²) in [6.07, 6.45) is 2.00. The topological polar surface area (TPSA) is 33.4 Å². The lowest BCUT2D eigenvalue weighted by molar-refractivity contribution is 0.851. The smallest absolute Gasteiger partial charge is 0.175 e. The average molecular weight is 609 g/mol. The van der Waals surface area contributed by atoms with Crippen molar-refractivity contribution in [3.63, 3.8) is 0 Å². The van der Waals surface area contributed by atoms with Crippen LogP contribution in [-0.2, 0) is 5.41 Å². The van der Waals surface area contributed by atoms with Crippen LogP contribution in [0.25, 0.3) is 16.9 Å². The van der Waals surface area contributed by atoms with Crippen molar-refractivity contribution < 1.29 is 0 Å². The Morgan fingerprint density at radius 2 is 1.46 bits per heavy atom. The summed E-state index contributed by atoms with van der Waals surface area (Å²) in [6.45, 7) is 2.05. The molecule has 6 rings (SSSR count). The fourth-order valence-electron chi connectivity index (χ4n) is 4.74. The van der Waals surface area contributed by atoms with E-state index in [1.165, 1.54) is 0 Å². The van der Waals surface area contributed by atoms with Crippen molar-refractivity contribution in [2.24, 2.45) is 5.10 Å². The highest BCUT2D eigenvalue weighted by Crippen LogP contribution is 2.55. The minimum absolute atomic E-state index is 0.171. The van der Waals surface area contributed by atoms with Crippen LogP contribution in [0.4, 0.5) is 5.82 Å². The van der Waals surface area contributed by atoms with E-state index in [1.807, 2.05) is 59.1 Å². The predicted molar refractivity (Wildman–Crippen MR) is 159 cm³/mol. The molecular formula is C27H19Cl5N4S. The summed E-state index contributed by atoms with van der Waals surface area (Å²) in [7, 11) is 0. The van der Waals surface area contributed by atoms with Crippen molar-refractivity contribution in [1.82, 2.24) is 9.78 Å². The molecule has 2 aliphatic rings. The molecule has 0 N–H and O–H groups in total. The Hall–Kier alpha value is -1.86. The maximum absolute atomic E-state index is 6.62. The number of hydrazone groups is 1. The van der Waals surface area contributed by atoms with E-state index in [0.717, 1.165) is 51.8 Å². The lowest BCUT2D eigenvalue weighted by atomic mass is 9.97. The molecule has 0 amide bonds. The molecular weight excluding hydrogens is 590 g/mol. The molecule has 0 atom stereocenters. The molecule has 1 saturated carbocycles. The highest BCUT2D eigenvalue weighted by molar-refractivity contribution is 8.14. The van der Waals surface area contributed by atoms with Crippen molar-refractivity contribution in [1.29, 1.82) is 0 Å². The maximum atomic E-state index is 6.62. The molecule has 0 spiro atoms. The van der Waals surface area contributed by atoms with Gasteiger partial charge < -0.3 is 0 Å². The number of hydrogen-bond acceptors (Lipinski definition) is 4. The quantitative estimate of drug-likeness (QED) is 0.226. The van der Waals surface area contributed by atoms with E-state index >= 15 is 0 Å². The van der Waals surface area contributed by atoms with Crippen molar-refractivity contribution in [3.05, 3.63) is 96.9 Å². The van der Waals surface area contributed by atoms with Gasteiger partial charge in [-0.1, -0.05) is 88.0 Å². The van der Waals surface area contributed by atoms with Gasteiger partial charge in [0.2, 0.25) is 0 Å². The SMILES string of the molecule is Cc1c(N2CSC(C3(c4ccc(Cl)cc4Cl)CC3)=N2)nn(-c2ccc(Cl)cc2Cl)c1-c1ccc(Cl)cc1. The molecule has 4 nitrogen and oxygen atoms in total. The fraction of sp³-hybridized carbons (Fsp3) is 0.185. The molecule has 2 heterocycles. The van der Waals surface area contributed by atoms with Crippen LogP contribution in [0.3, 0.4) is 0 Å². The van der Waals surface area contributed by atoms with Crippen LogP contribution < -0.4 is 5.01 Å². The third-order valence-electron chi connectivity index (χ3n) is 6.74. The van der Waals surface area contributed by atoms with E-state index in [-0.39, 0.29) is 5.41 Å². The average Bonchev–Trinajstić information content (AvgIpc) is 3.37. The molecule has 0 bridgehead atoms. The van der Waals surface area contributed by atoms with Crippen molar-refractivity contribution in [3.8, 4) is 16.9 Å². The fourth-order valence-corrected chi connectivity index (χ4v) is 7.11. The van der Waals surface area contributed by atoms with Gasteiger partial charge in [-0.25, -0.2) is 9.69 Å². The Morgan fingerprint density at radius 1 is 0.811 bits per heavy atom. The Kier molecular flexibility index (Phi) is 6.67. The minimum atomic E-state index is -0.171. The van der Waals surface area contributed by atoms with Crippen molar-refractivity contribution in [2.75, 3.05) is 10.9 Å². The second-order valence-corrected chi connectivity index (χ2v) is 12.2. The van der Waals surface area contributed by atoms with Gasteiger partial charge in [-0.05, 0) is 67.8 Å². The molecule has 0 radical (unpaired) electrons. The highest BCUT2D eigenvalue weighted by Gasteiger charge is 2.52. The molecule has 0 unspecified atom stereocenters. The summed E-state index contributed by atoms with van der Waals surface area (Å²) >= 11 is 33.4. The first-order chi connectivity index (χ1) is 17.8. The van der Waals surface area contributed by atoms with Crippen LogP contribution in [0, 0.1) is 6.92 Å². The molecule has 1 aliphatic carbocycles. The Morgan fingerprint density at radius 3 is 2.11 bits per heavy atom. The molecule has 1 aliphatic heterocycles. The van der Waals surface area contributed by atoms with Gasteiger partial charge in [-0.3, -0.25) is 0 Å². The van der Waals surface area contributed by atoms with Crippen molar-refractivity contribution in [2.45, 2.75) is 25.2 Å². The number of rotatable bonds is 5. The van der Waals surface area contributed by atoms with Gasteiger partial charge in [0.25, 0.3) is 0 Å². The number of nitrogens with zero attached hydrogens (tertiary/aromatic N) is 4. The number of anilines is 1.